The third-order valence-corrected chi connectivity index (χ3v) is 2.14. The van der Waals surface area contributed by atoms with Crippen molar-refractivity contribution in [3.8, 4) is 0 Å². The molecule has 0 unspecified atom stereocenters. The fraction of sp³-hybridized carbons (Fsp3) is 0.125. The molecule has 0 amide bonds. The zero-order valence-corrected chi connectivity index (χ0v) is 8.45. The van der Waals surface area contributed by atoms with Crippen LogP contribution in [0.5, 0.6) is 0 Å². The van der Waals surface area contributed by atoms with E-state index in [9.17, 15) is 4.79 Å². The van der Waals surface area contributed by atoms with Crippen molar-refractivity contribution in [1.82, 2.24) is 0 Å². The Hall–Kier alpha value is -1.32. The molecule has 0 spiro atoms. The number of halogens is 1. The van der Waals surface area contributed by atoms with Crippen molar-refractivity contribution in [2.24, 2.45) is 5.11 Å². The summed E-state index contributed by atoms with van der Waals surface area (Å²) >= 11 is 3.20. The lowest BCUT2D eigenvalue weighted by atomic mass is 10.1. The predicted octanol–water partition coefficient (Wildman–Crippen LogP) is 3.59. The molecule has 0 radical (unpaired) electrons. The van der Waals surface area contributed by atoms with E-state index < -0.39 is 0 Å². The average Bonchev–Trinajstić information content (AvgIpc) is 2.08. The van der Waals surface area contributed by atoms with E-state index in [4.69, 9.17) is 5.53 Å². The summed E-state index contributed by atoms with van der Waals surface area (Å²) in [7, 11) is 0. The van der Waals surface area contributed by atoms with Crippen LogP contribution in [0.3, 0.4) is 0 Å². The van der Waals surface area contributed by atoms with Crippen LogP contribution in [0, 0.1) is 0 Å². The van der Waals surface area contributed by atoms with Crippen molar-refractivity contribution >= 4 is 27.4 Å². The highest BCUT2D eigenvalue weighted by Crippen LogP contribution is 2.26. The molecule has 0 aliphatic rings. The lowest BCUT2D eigenvalue weighted by Crippen LogP contribution is -1.90. The molecule has 0 fully saturated rings. The number of azide groups is 1. The Morgan fingerprint density at radius 1 is 1.62 bits per heavy atom. The van der Waals surface area contributed by atoms with Gasteiger partial charge in [0.25, 0.3) is 0 Å². The molecule has 1 aromatic rings. The number of rotatable bonds is 2. The molecule has 0 aliphatic heterocycles. The first kappa shape index (κ1) is 9.77. The smallest absolute Gasteiger partial charge is 0.159 e. The predicted molar refractivity (Wildman–Crippen MR) is 53.0 cm³/mol. The minimum Gasteiger partial charge on any atom is -0.295 e. The van der Waals surface area contributed by atoms with Crippen LogP contribution >= 0.6 is 15.9 Å². The number of Topliss-reactive ketones (excluding diaryl/α,β-unsaturated/α-hetero) is 1. The Kier molecular flexibility index (Phi) is 3.06. The van der Waals surface area contributed by atoms with Crippen LogP contribution < -0.4 is 0 Å². The van der Waals surface area contributed by atoms with Gasteiger partial charge < -0.3 is 0 Å². The van der Waals surface area contributed by atoms with E-state index in [-0.39, 0.29) is 5.78 Å². The Morgan fingerprint density at radius 2 is 2.31 bits per heavy atom. The SMILES string of the molecule is CC(=O)c1ccc(N=[N+]=[N-])c(Br)c1. The van der Waals surface area contributed by atoms with Gasteiger partial charge in [0, 0.05) is 14.9 Å². The summed E-state index contributed by atoms with van der Waals surface area (Å²) in [6.07, 6.45) is 0. The van der Waals surface area contributed by atoms with E-state index in [1.165, 1.54) is 6.92 Å². The van der Waals surface area contributed by atoms with Gasteiger partial charge >= 0.3 is 0 Å². The van der Waals surface area contributed by atoms with Gasteiger partial charge in [-0.15, -0.1) is 0 Å². The van der Waals surface area contributed by atoms with Crippen LogP contribution in [0.15, 0.2) is 27.8 Å². The second-order valence-electron chi connectivity index (χ2n) is 2.41. The van der Waals surface area contributed by atoms with E-state index in [1.807, 2.05) is 0 Å². The topological polar surface area (TPSA) is 65.8 Å². The number of carbonyl (C=O) groups is 1. The normalized spacial score (nSPS) is 9.08. The molecule has 0 heterocycles. The Bertz CT molecular complexity index is 396. The maximum absolute atomic E-state index is 10.9. The first-order valence-corrected chi connectivity index (χ1v) is 4.30. The maximum Gasteiger partial charge on any atom is 0.159 e. The summed E-state index contributed by atoms with van der Waals surface area (Å²) in [4.78, 5) is 13.6. The second kappa shape index (κ2) is 4.07. The van der Waals surface area contributed by atoms with Crippen molar-refractivity contribution in [3.63, 3.8) is 0 Å². The minimum atomic E-state index is -0.0202. The third kappa shape index (κ3) is 2.31. The average molecular weight is 240 g/mol. The van der Waals surface area contributed by atoms with Crippen LogP contribution in [0.1, 0.15) is 17.3 Å². The fourth-order valence-electron chi connectivity index (χ4n) is 0.855. The van der Waals surface area contributed by atoms with Gasteiger partial charge in [-0.3, -0.25) is 4.79 Å². The van der Waals surface area contributed by atoms with Crippen molar-refractivity contribution < 1.29 is 4.79 Å². The van der Waals surface area contributed by atoms with E-state index in [2.05, 4.69) is 26.0 Å². The van der Waals surface area contributed by atoms with Crippen molar-refractivity contribution in [2.75, 3.05) is 0 Å². The van der Waals surface area contributed by atoms with Gasteiger partial charge in [0.15, 0.2) is 5.78 Å². The molecule has 0 aliphatic carbocycles. The molecular weight excluding hydrogens is 234 g/mol. The molecule has 0 aromatic heterocycles. The van der Waals surface area contributed by atoms with Crippen LogP contribution in [0.25, 0.3) is 10.4 Å². The lowest BCUT2D eigenvalue weighted by molar-refractivity contribution is 0.101. The Balaban J connectivity index is 3.19. The molecule has 0 saturated carbocycles. The second-order valence-corrected chi connectivity index (χ2v) is 3.27. The summed E-state index contributed by atoms with van der Waals surface area (Å²) in [5.41, 5.74) is 9.26. The van der Waals surface area contributed by atoms with Crippen LogP contribution in [0.2, 0.25) is 0 Å². The summed E-state index contributed by atoms with van der Waals surface area (Å²) in [6, 6.07) is 4.85. The lowest BCUT2D eigenvalue weighted by Gasteiger charge is -1.99. The van der Waals surface area contributed by atoms with E-state index in [1.54, 1.807) is 18.2 Å². The first-order chi connectivity index (χ1) is 6.15. The fourth-order valence-corrected chi connectivity index (χ4v) is 1.31. The molecular formula is C8H6BrN3O. The quantitative estimate of drug-likeness (QED) is 0.337. The van der Waals surface area contributed by atoms with E-state index >= 15 is 0 Å². The molecule has 4 nitrogen and oxygen atoms in total. The summed E-state index contributed by atoms with van der Waals surface area (Å²) in [5.74, 6) is -0.0202. The standard InChI is InChI=1S/C8H6BrN3O/c1-5(13)6-2-3-8(11-12-10)7(9)4-6/h2-4H,1H3. The molecule has 0 saturated heterocycles. The van der Waals surface area contributed by atoms with Crippen molar-refractivity contribution in [1.29, 1.82) is 0 Å². The van der Waals surface area contributed by atoms with Crippen LogP contribution in [-0.2, 0) is 0 Å². The number of ketones is 1. The number of carbonyl (C=O) groups excluding carboxylic acids is 1. The highest BCUT2D eigenvalue weighted by molar-refractivity contribution is 9.10. The highest BCUT2D eigenvalue weighted by Gasteiger charge is 2.02. The molecule has 1 aromatic carbocycles. The maximum atomic E-state index is 10.9. The molecule has 0 N–H and O–H groups in total. The summed E-state index contributed by atoms with van der Waals surface area (Å²) in [5, 5.41) is 3.43. The molecule has 5 heteroatoms. The van der Waals surface area contributed by atoms with E-state index in [0.717, 1.165) is 0 Å². The zero-order chi connectivity index (χ0) is 9.84. The van der Waals surface area contributed by atoms with Gasteiger partial charge in [0.2, 0.25) is 0 Å². The van der Waals surface area contributed by atoms with Gasteiger partial charge in [0.1, 0.15) is 0 Å². The molecule has 0 atom stereocenters. The van der Waals surface area contributed by atoms with Crippen LogP contribution in [0.4, 0.5) is 5.69 Å². The molecule has 66 valence electrons. The van der Waals surface area contributed by atoms with Gasteiger partial charge in [-0.2, -0.15) is 0 Å². The van der Waals surface area contributed by atoms with E-state index in [0.29, 0.717) is 15.7 Å². The molecule has 1 rings (SSSR count). The molecule has 13 heavy (non-hydrogen) atoms. The highest BCUT2D eigenvalue weighted by atomic mass is 79.9. The van der Waals surface area contributed by atoms with Gasteiger partial charge in [-0.25, -0.2) is 0 Å². The first-order valence-electron chi connectivity index (χ1n) is 3.50. The number of hydrogen-bond acceptors (Lipinski definition) is 2. The Morgan fingerprint density at radius 3 is 2.77 bits per heavy atom. The van der Waals surface area contributed by atoms with Gasteiger partial charge in [0.05, 0.1) is 5.69 Å². The largest absolute Gasteiger partial charge is 0.295 e. The number of nitrogens with zero attached hydrogens (tertiary/aromatic N) is 3. The van der Waals surface area contributed by atoms with Gasteiger partial charge in [-0.1, -0.05) is 33.2 Å². The number of benzene rings is 1. The monoisotopic (exact) mass is 239 g/mol. The summed E-state index contributed by atoms with van der Waals surface area (Å²) < 4.78 is 0.623. The summed E-state index contributed by atoms with van der Waals surface area (Å²) in [6.45, 7) is 1.48. The minimum absolute atomic E-state index is 0.0202. The van der Waals surface area contributed by atoms with Crippen molar-refractivity contribution in [2.45, 2.75) is 6.92 Å². The number of hydrogen-bond donors (Lipinski definition) is 0. The zero-order valence-electron chi connectivity index (χ0n) is 6.86. The molecule has 0 bridgehead atoms. The Labute approximate surface area is 83.3 Å². The van der Waals surface area contributed by atoms with Crippen molar-refractivity contribution in [3.05, 3.63) is 38.7 Å². The third-order valence-electron chi connectivity index (χ3n) is 1.51. The van der Waals surface area contributed by atoms with Crippen LogP contribution in [-0.4, -0.2) is 5.78 Å². The van der Waals surface area contributed by atoms with Gasteiger partial charge in [-0.05, 0) is 18.5 Å².